The Morgan fingerprint density at radius 2 is 1.17 bits per heavy atom. The highest BCUT2D eigenvalue weighted by molar-refractivity contribution is 7.95. The lowest BCUT2D eigenvalue weighted by atomic mass is 10.0. The molecule has 0 aromatic heterocycles. The highest BCUT2D eigenvalue weighted by Crippen LogP contribution is 2.52. The molecule has 24 heavy (non-hydrogen) atoms. The molecule has 0 atom stereocenters. The summed E-state index contributed by atoms with van der Waals surface area (Å²) in [5.74, 6) is 0. The van der Waals surface area contributed by atoms with Gasteiger partial charge in [-0.1, -0.05) is 62.4 Å². The third-order valence-corrected chi connectivity index (χ3v) is 9.05. The molecule has 0 unspecified atom stereocenters. The van der Waals surface area contributed by atoms with Gasteiger partial charge in [0.25, 0.3) is 0 Å². The van der Waals surface area contributed by atoms with E-state index in [0.29, 0.717) is 0 Å². The Hall–Kier alpha value is -1.91. The third kappa shape index (κ3) is 2.92. The van der Waals surface area contributed by atoms with Gasteiger partial charge in [-0.05, 0) is 54.3 Å². The summed E-state index contributed by atoms with van der Waals surface area (Å²) in [6.07, 6.45) is 2.19. The quantitative estimate of drug-likeness (QED) is 0.592. The second kappa shape index (κ2) is 7.32. The van der Waals surface area contributed by atoms with E-state index in [0.717, 1.165) is 12.8 Å². The highest BCUT2D eigenvalue weighted by Gasteiger charge is 2.41. The molecule has 0 bridgehead atoms. The zero-order valence-electron chi connectivity index (χ0n) is 14.9. The van der Waals surface area contributed by atoms with Crippen molar-refractivity contribution in [3.8, 4) is 0 Å². The van der Waals surface area contributed by atoms with E-state index in [1.807, 2.05) is 0 Å². The van der Waals surface area contributed by atoms with Crippen molar-refractivity contribution in [2.75, 3.05) is 6.66 Å². The Morgan fingerprint density at radius 1 is 0.625 bits per heavy atom. The van der Waals surface area contributed by atoms with Crippen LogP contribution in [0.3, 0.4) is 0 Å². The molecule has 0 saturated heterocycles. The van der Waals surface area contributed by atoms with Gasteiger partial charge in [0.1, 0.15) is 23.2 Å². The lowest BCUT2D eigenvalue weighted by Gasteiger charge is -2.26. The molecule has 0 saturated carbocycles. The van der Waals surface area contributed by atoms with Gasteiger partial charge >= 0.3 is 0 Å². The summed E-state index contributed by atoms with van der Waals surface area (Å²) in [4.78, 5) is 0. The predicted octanol–water partition coefficient (Wildman–Crippen LogP) is 4.74. The van der Waals surface area contributed by atoms with E-state index >= 15 is 0 Å². The smallest absolute Gasteiger partial charge is 0.0620 e. The molecular formula is C23H26P+. The summed E-state index contributed by atoms with van der Waals surface area (Å²) in [6, 6.07) is 29.0. The van der Waals surface area contributed by atoms with Crippen LogP contribution in [-0.2, 0) is 12.8 Å². The van der Waals surface area contributed by atoms with Gasteiger partial charge in [0.05, 0.1) is 6.66 Å². The van der Waals surface area contributed by atoms with Crippen molar-refractivity contribution >= 4 is 23.2 Å². The fraction of sp³-hybridized carbons (Fsp3) is 0.217. The molecule has 0 aliphatic carbocycles. The van der Waals surface area contributed by atoms with Crippen molar-refractivity contribution in [1.82, 2.24) is 0 Å². The summed E-state index contributed by atoms with van der Waals surface area (Å²) in [5.41, 5.74) is 3.04. The van der Waals surface area contributed by atoms with E-state index in [9.17, 15) is 0 Å². The standard InChI is InChI=1S/C23H26P/c1-4-19-13-12-18-23(22(19)5-2)24(3,20-14-8-6-9-15-20)21-16-10-7-11-17-21/h6-18H,4-5H2,1-3H3/q+1. The first-order valence-corrected chi connectivity index (χ1v) is 11.0. The minimum Gasteiger partial charge on any atom is -0.0620 e. The van der Waals surface area contributed by atoms with Crippen molar-refractivity contribution < 1.29 is 0 Å². The van der Waals surface area contributed by atoms with E-state index in [2.05, 4.69) is 99.4 Å². The molecule has 0 aliphatic rings. The molecule has 0 N–H and O–H groups in total. The van der Waals surface area contributed by atoms with Crippen molar-refractivity contribution in [1.29, 1.82) is 0 Å². The van der Waals surface area contributed by atoms with Crippen LogP contribution >= 0.6 is 7.26 Å². The molecule has 3 rings (SSSR count). The largest absolute Gasteiger partial charge is 0.109 e. The highest BCUT2D eigenvalue weighted by atomic mass is 31.2. The fourth-order valence-electron chi connectivity index (χ4n) is 3.66. The molecule has 0 aliphatic heterocycles. The normalized spacial score (nSPS) is 11.5. The Bertz CT molecular complexity index is 751. The van der Waals surface area contributed by atoms with Gasteiger partial charge in [0.2, 0.25) is 0 Å². The SMILES string of the molecule is CCc1cccc([P+](C)(c2ccccc2)c2ccccc2)c1CC. The topological polar surface area (TPSA) is 0 Å². The first-order valence-electron chi connectivity index (χ1n) is 8.80. The molecule has 0 spiro atoms. The van der Waals surface area contributed by atoms with Gasteiger partial charge in [-0.25, -0.2) is 0 Å². The first kappa shape index (κ1) is 16.9. The van der Waals surface area contributed by atoms with E-state index in [-0.39, 0.29) is 0 Å². The molecule has 3 aromatic carbocycles. The van der Waals surface area contributed by atoms with E-state index in [4.69, 9.17) is 0 Å². The van der Waals surface area contributed by atoms with Gasteiger partial charge < -0.3 is 0 Å². The zero-order valence-corrected chi connectivity index (χ0v) is 15.8. The zero-order chi connectivity index (χ0) is 17.0. The Morgan fingerprint density at radius 3 is 1.62 bits per heavy atom. The first-order chi connectivity index (χ1) is 11.7. The van der Waals surface area contributed by atoms with Crippen molar-refractivity contribution in [3.05, 3.63) is 90.0 Å². The number of aryl methyl sites for hydroxylation is 1. The predicted molar refractivity (Wildman–Crippen MR) is 110 cm³/mol. The molecule has 0 heterocycles. The van der Waals surface area contributed by atoms with E-state index < -0.39 is 7.26 Å². The second-order valence-corrected chi connectivity index (χ2v) is 9.83. The number of hydrogen-bond donors (Lipinski definition) is 0. The van der Waals surface area contributed by atoms with E-state index in [1.165, 1.54) is 16.2 Å². The maximum atomic E-state index is 2.48. The van der Waals surface area contributed by atoms with Gasteiger partial charge in [-0.3, -0.25) is 0 Å². The maximum absolute atomic E-state index is 2.48. The molecule has 0 amide bonds. The lowest BCUT2D eigenvalue weighted by Crippen LogP contribution is -2.32. The van der Waals surface area contributed by atoms with Gasteiger partial charge in [-0.15, -0.1) is 0 Å². The van der Waals surface area contributed by atoms with Crippen LogP contribution in [0, 0.1) is 0 Å². The summed E-state index contributed by atoms with van der Waals surface area (Å²) >= 11 is 0. The lowest BCUT2D eigenvalue weighted by molar-refractivity contribution is 1.05. The van der Waals surface area contributed by atoms with Crippen LogP contribution in [-0.4, -0.2) is 6.66 Å². The van der Waals surface area contributed by atoms with Crippen molar-refractivity contribution in [2.45, 2.75) is 26.7 Å². The summed E-state index contributed by atoms with van der Waals surface area (Å²) < 4.78 is 0. The molecule has 122 valence electrons. The molecular weight excluding hydrogens is 307 g/mol. The molecule has 1 heteroatoms. The fourth-order valence-corrected chi connectivity index (χ4v) is 7.28. The average molecular weight is 333 g/mol. The number of rotatable bonds is 5. The average Bonchev–Trinajstić information content (AvgIpc) is 2.68. The van der Waals surface area contributed by atoms with Crippen LogP contribution in [0.4, 0.5) is 0 Å². The van der Waals surface area contributed by atoms with Crippen molar-refractivity contribution in [2.24, 2.45) is 0 Å². The van der Waals surface area contributed by atoms with Gasteiger partial charge in [0.15, 0.2) is 0 Å². The minimum absolute atomic E-state index is 1.09. The van der Waals surface area contributed by atoms with Crippen LogP contribution < -0.4 is 15.9 Å². The molecule has 3 aromatic rings. The second-order valence-electron chi connectivity index (χ2n) is 6.30. The van der Waals surface area contributed by atoms with Crippen LogP contribution in [0.5, 0.6) is 0 Å². The van der Waals surface area contributed by atoms with Crippen molar-refractivity contribution in [3.63, 3.8) is 0 Å². The van der Waals surface area contributed by atoms with Gasteiger partial charge in [0, 0.05) is 0 Å². The van der Waals surface area contributed by atoms with Crippen LogP contribution in [0.1, 0.15) is 25.0 Å². The third-order valence-electron chi connectivity index (χ3n) is 5.01. The Labute approximate surface area is 146 Å². The maximum Gasteiger partial charge on any atom is 0.109 e. The summed E-state index contributed by atoms with van der Waals surface area (Å²) in [7, 11) is -1.62. The Balaban J connectivity index is 2.32. The van der Waals surface area contributed by atoms with Crippen LogP contribution in [0.15, 0.2) is 78.9 Å². The number of benzene rings is 3. The minimum atomic E-state index is -1.62. The number of hydrogen-bond acceptors (Lipinski definition) is 0. The van der Waals surface area contributed by atoms with Gasteiger partial charge in [-0.2, -0.15) is 0 Å². The van der Waals surface area contributed by atoms with Crippen LogP contribution in [0.25, 0.3) is 0 Å². The molecule has 0 radical (unpaired) electrons. The van der Waals surface area contributed by atoms with E-state index in [1.54, 1.807) is 10.9 Å². The summed E-state index contributed by atoms with van der Waals surface area (Å²) in [5, 5.41) is 4.46. The summed E-state index contributed by atoms with van der Waals surface area (Å²) in [6.45, 7) is 7.03. The van der Waals surface area contributed by atoms with Crippen LogP contribution in [0.2, 0.25) is 0 Å². The Kier molecular flexibility index (Phi) is 5.17. The molecule has 0 nitrogen and oxygen atoms in total. The monoisotopic (exact) mass is 333 g/mol. The molecule has 0 fully saturated rings.